The van der Waals surface area contributed by atoms with Crippen LogP contribution >= 0.6 is 0 Å². The third kappa shape index (κ3) is 2.83. The summed E-state index contributed by atoms with van der Waals surface area (Å²) in [5.41, 5.74) is 9.34. The number of benzene rings is 1. The van der Waals surface area contributed by atoms with Gasteiger partial charge in [0.05, 0.1) is 11.5 Å². The van der Waals surface area contributed by atoms with Crippen molar-refractivity contribution in [2.24, 2.45) is 5.41 Å². The molecule has 1 aromatic rings. The van der Waals surface area contributed by atoms with Gasteiger partial charge in [0.1, 0.15) is 0 Å². The highest BCUT2D eigenvalue weighted by Gasteiger charge is 2.21. The lowest BCUT2D eigenvalue weighted by Gasteiger charge is -2.31. The fourth-order valence-electron chi connectivity index (χ4n) is 2.38. The lowest BCUT2D eigenvalue weighted by molar-refractivity contribution is 0.226. The largest absolute Gasteiger partial charge is 0.398 e. The molecule has 0 spiro atoms. The van der Waals surface area contributed by atoms with E-state index in [4.69, 9.17) is 11.0 Å². The quantitative estimate of drug-likeness (QED) is 0.830. The molecule has 0 unspecified atom stereocenters. The molecule has 0 bridgehead atoms. The number of fused-ring (bicyclic) bond motifs is 1. The van der Waals surface area contributed by atoms with Crippen molar-refractivity contribution in [3.05, 3.63) is 29.3 Å². The predicted molar refractivity (Wildman–Crippen MR) is 73.8 cm³/mol. The summed E-state index contributed by atoms with van der Waals surface area (Å²) in [5, 5.41) is 9.03. The molecule has 0 amide bonds. The number of hydrogen-bond donors (Lipinski definition) is 1. The summed E-state index contributed by atoms with van der Waals surface area (Å²) in [4.78, 5) is 2.42. The van der Waals surface area contributed by atoms with Crippen molar-refractivity contribution in [2.45, 2.75) is 33.2 Å². The molecule has 0 aliphatic carbocycles. The van der Waals surface area contributed by atoms with Crippen LogP contribution in [0, 0.1) is 16.7 Å². The number of nitrogens with two attached hydrogens (primary N) is 1. The second-order valence-corrected chi connectivity index (χ2v) is 5.76. The molecule has 0 saturated carbocycles. The molecule has 1 aliphatic rings. The first-order chi connectivity index (χ1) is 8.52. The van der Waals surface area contributed by atoms with Crippen molar-refractivity contribution in [2.75, 3.05) is 18.8 Å². The molecule has 18 heavy (non-hydrogen) atoms. The van der Waals surface area contributed by atoms with Gasteiger partial charge in [-0.2, -0.15) is 5.26 Å². The lowest BCUT2D eigenvalue weighted by atomic mass is 9.90. The Hall–Kier alpha value is -1.53. The van der Waals surface area contributed by atoms with Crippen molar-refractivity contribution < 1.29 is 0 Å². The van der Waals surface area contributed by atoms with E-state index in [1.165, 1.54) is 11.1 Å². The van der Waals surface area contributed by atoms with Crippen LogP contribution in [0.4, 0.5) is 5.69 Å². The summed E-state index contributed by atoms with van der Waals surface area (Å²) in [6.45, 7) is 6.99. The Morgan fingerprint density at radius 2 is 2.22 bits per heavy atom. The Morgan fingerprint density at radius 3 is 2.94 bits per heavy atom. The minimum atomic E-state index is -0.226. The Kier molecular flexibility index (Phi) is 3.58. The summed E-state index contributed by atoms with van der Waals surface area (Å²) < 4.78 is 0. The van der Waals surface area contributed by atoms with Crippen LogP contribution in [0.25, 0.3) is 0 Å². The van der Waals surface area contributed by atoms with Gasteiger partial charge in [-0.05, 0) is 50.4 Å². The number of nitriles is 1. The summed E-state index contributed by atoms with van der Waals surface area (Å²) in [5.74, 6) is 0. The summed E-state index contributed by atoms with van der Waals surface area (Å²) in [7, 11) is 0. The fourth-order valence-corrected chi connectivity index (χ4v) is 2.38. The normalized spacial score (nSPS) is 16.1. The maximum Gasteiger partial charge on any atom is 0.0684 e. The van der Waals surface area contributed by atoms with Crippen LogP contribution < -0.4 is 5.73 Å². The third-order valence-electron chi connectivity index (χ3n) is 3.74. The molecule has 2 rings (SSSR count). The smallest absolute Gasteiger partial charge is 0.0684 e. The summed E-state index contributed by atoms with van der Waals surface area (Å²) in [6, 6.07) is 8.53. The van der Waals surface area contributed by atoms with E-state index in [2.05, 4.69) is 17.0 Å². The molecule has 0 saturated heterocycles. The van der Waals surface area contributed by atoms with E-state index in [9.17, 15) is 0 Å². The van der Waals surface area contributed by atoms with Crippen LogP contribution in [0.15, 0.2) is 18.2 Å². The number of anilines is 1. The van der Waals surface area contributed by atoms with E-state index in [0.717, 1.165) is 38.2 Å². The summed E-state index contributed by atoms with van der Waals surface area (Å²) in [6.07, 6.45) is 1.94. The first-order valence-electron chi connectivity index (χ1n) is 6.52. The standard InChI is InChI=1S/C15H21N3/c1-15(2,11-16)7-9-18-8-6-13-12(10-18)4-3-5-14(13)17/h3-5H,6-10,17H2,1-2H3. The van der Waals surface area contributed by atoms with Gasteiger partial charge in [-0.3, -0.25) is 4.90 Å². The molecule has 0 atom stereocenters. The number of rotatable bonds is 3. The molecule has 3 nitrogen and oxygen atoms in total. The maximum atomic E-state index is 9.03. The first-order valence-corrected chi connectivity index (χ1v) is 6.52. The SMILES string of the molecule is CC(C)(C#N)CCN1CCc2c(N)cccc2C1. The molecule has 1 aliphatic heterocycles. The Balaban J connectivity index is 1.99. The Labute approximate surface area is 109 Å². The van der Waals surface area contributed by atoms with Gasteiger partial charge in [0.15, 0.2) is 0 Å². The van der Waals surface area contributed by atoms with Crippen molar-refractivity contribution in [1.82, 2.24) is 4.90 Å². The predicted octanol–water partition coefficient (Wildman–Crippen LogP) is 2.57. The van der Waals surface area contributed by atoms with Crippen molar-refractivity contribution in [1.29, 1.82) is 5.26 Å². The lowest BCUT2D eigenvalue weighted by Crippen LogP contribution is -2.33. The molecule has 1 aromatic carbocycles. The average molecular weight is 243 g/mol. The average Bonchev–Trinajstić information content (AvgIpc) is 2.37. The van der Waals surface area contributed by atoms with Gasteiger partial charge in [0.25, 0.3) is 0 Å². The van der Waals surface area contributed by atoms with Crippen molar-refractivity contribution in [3.63, 3.8) is 0 Å². The Bertz CT molecular complexity index is 471. The molecular formula is C15H21N3. The van der Waals surface area contributed by atoms with E-state index in [1.807, 2.05) is 26.0 Å². The van der Waals surface area contributed by atoms with Crippen LogP contribution in [0.1, 0.15) is 31.4 Å². The van der Waals surface area contributed by atoms with Crippen LogP contribution in [0.5, 0.6) is 0 Å². The van der Waals surface area contributed by atoms with Crippen molar-refractivity contribution in [3.8, 4) is 6.07 Å². The molecule has 0 radical (unpaired) electrons. The van der Waals surface area contributed by atoms with E-state index in [0.29, 0.717) is 0 Å². The van der Waals surface area contributed by atoms with E-state index in [1.54, 1.807) is 0 Å². The van der Waals surface area contributed by atoms with Crippen LogP contribution in [0.3, 0.4) is 0 Å². The number of nitrogen functional groups attached to an aromatic ring is 1. The topological polar surface area (TPSA) is 53.0 Å². The molecule has 0 aromatic heterocycles. The minimum Gasteiger partial charge on any atom is -0.398 e. The molecule has 1 heterocycles. The zero-order chi connectivity index (χ0) is 13.2. The zero-order valence-electron chi connectivity index (χ0n) is 11.2. The molecule has 96 valence electrons. The third-order valence-corrected chi connectivity index (χ3v) is 3.74. The maximum absolute atomic E-state index is 9.03. The monoisotopic (exact) mass is 243 g/mol. The highest BCUT2D eigenvalue weighted by atomic mass is 15.1. The minimum absolute atomic E-state index is 0.226. The van der Waals surface area contributed by atoms with Gasteiger partial charge in [-0.15, -0.1) is 0 Å². The second kappa shape index (κ2) is 4.99. The first kappa shape index (κ1) is 12.9. The van der Waals surface area contributed by atoms with Crippen molar-refractivity contribution >= 4 is 5.69 Å². The molecule has 3 heteroatoms. The summed E-state index contributed by atoms with van der Waals surface area (Å²) >= 11 is 0. The molecule has 2 N–H and O–H groups in total. The van der Waals surface area contributed by atoms with Crippen LogP contribution in [-0.4, -0.2) is 18.0 Å². The van der Waals surface area contributed by atoms with Gasteiger partial charge in [-0.25, -0.2) is 0 Å². The fraction of sp³-hybridized carbons (Fsp3) is 0.533. The van der Waals surface area contributed by atoms with Gasteiger partial charge in [-0.1, -0.05) is 12.1 Å². The highest BCUT2D eigenvalue weighted by molar-refractivity contribution is 5.51. The number of nitrogens with zero attached hydrogens (tertiary/aromatic N) is 2. The van der Waals surface area contributed by atoms with Crippen LogP contribution in [-0.2, 0) is 13.0 Å². The zero-order valence-corrected chi connectivity index (χ0v) is 11.2. The van der Waals surface area contributed by atoms with E-state index in [-0.39, 0.29) is 5.41 Å². The van der Waals surface area contributed by atoms with E-state index >= 15 is 0 Å². The van der Waals surface area contributed by atoms with Gasteiger partial charge in [0.2, 0.25) is 0 Å². The molecule has 0 fully saturated rings. The highest BCUT2D eigenvalue weighted by Crippen LogP contribution is 2.26. The number of hydrogen-bond acceptors (Lipinski definition) is 3. The van der Waals surface area contributed by atoms with Gasteiger partial charge in [0, 0.05) is 18.8 Å². The van der Waals surface area contributed by atoms with Gasteiger partial charge < -0.3 is 5.73 Å². The van der Waals surface area contributed by atoms with Crippen LogP contribution in [0.2, 0.25) is 0 Å². The van der Waals surface area contributed by atoms with Gasteiger partial charge >= 0.3 is 0 Å². The molecular weight excluding hydrogens is 222 g/mol. The second-order valence-electron chi connectivity index (χ2n) is 5.76. The Morgan fingerprint density at radius 1 is 1.44 bits per heavy atom. The van der Waals surface area contributed by atoms with E-state index < -0.39 is 0 Å².